The van der Waals surface area contributed by atoms with Crippen LogP contribution >= 0.6 is 0 Å². The number of carbonyl (C=O) groups is 1. The van der Waals surface area contributed by atoms with Crippen molar-refractivity contribution in [2.45, 2.75) is 25.7 Å². The van der Waals surface area contributed by atoms with Crippen molar-refractivity contribution < 1.29 is 14.1 Å². The largest absolute Gasteiger partial charge is 0.384 e. The van der Waals surface area contributed by atoms with Crippen LogP contribution in [0.25, 0.3) is 0 Å². The summed E-state index contributed by atoms with van der Waals surface area (Å²) in [5.74, 6) is 1.44. The first kappa shape index (κ1) is 13.8. The number of rotatable bonds is 6. The molecule has 2 amide bonds. The number of hydrogen-bond acceptors (Lipinski definition) is 5. The summed E-state index contributed by atoms with van der Waals surface area (Å²) in [6.07, 6.45) is 1.59. The Morgan fingerprint density at radius 1 is 1.58 bits per heavy atom. The van der Waals surface area contributed by atoms with Crippen LogP contribution in [-0.4, -0.2) is 54.4 Å². The van der Waals surface area contributed by atoms with E-state index in [2.05, 4.69) is 15.5 Å². The number of ether oxygens (including phenoxy) is 1. The number of nitrogens with one attached hydrogen (secondary N) is 1. The highest BCUT2D eigenvalue weighted by molar-refractivity contribution is 5.75. The maximum atomic E-state index is 11.6. The predicted octanol–water partition coefficient (Wildman–Crippen LogP) is 0.777. The Hall–Kier alpha value is -1.63. The van der Waals surface area contributed by atoms with E-state index in [4.69, 9.17) is 9.26 Å². The molecule has 1 saturated heterocycles. The van der Waals surface area contributed by atoms with E-state index in [9.17, 15) is 4.79 Å². The minimum atomic E-state index is -0.0165. The zero-order valence-corrected chi connectivity index (χ0v) is 11.4. The van der Waals surface area contributed by atoms with Crippen molar-refractivity contribution in [1.82, 2.24) is 20.4 Å². The molecule has 0 aliphatic carbocycles. The minimum absolute atomic E-state index is 0.0165. The molecule has 0 bridgehead atoms. The number of amides is 2. The molecule has 0 atom stereocenters. The molecule has 0 unspecified atom stereocenters. The lowest BCUT2D eigenvalue weighted by Gasteiger charge is -2.36. The number of methoxy groups -OCH3 is 1. The van der Waals surface area contributed by atoms with Crippen LogP contribution in [0.2, 0.25) is 0 Å². The fraction of sp³-hybridized carbons (Fsp3) is 0.750. The molecule has 19 heavy (non-hydrogen) atoms. The van der Waals surface area contributed by atoms with Crippen LogP contribution in [0.15, 0.2) is 4.52 Å². The molecule has 0 aromatic carbocycles. The van der Waals surface area contributed by atoms with Gasteiger partial charge < -0.3 is 19.5 Å². The summed E-state index contributed by atoms with van der Waals surface area (Å²) >= 11 is 0. The first-order chi connectivity index (χ1) is 9.24. The Morgan fingerprint density at radius 3 is 3.05 bits per heavy atom. The van der Waals surface area contributed by atoms with Crippen LogP contribution in [0.5, 0.6) is 0 Å². The molecule has 0 radical (unpaired) electrons. The van der Waals surface area contributed by atoms with E-state index in [1.54, 1.807) is 12.0 Å². The third-order valence-corrected chi connectivity index (χ3v) is 3.06. The molecule has 1 N–H and O–H groups in total. The van der Waals surface area contributed by atoms with E-state index >= 15 is 0 Å². The Morgan fingerprint density at radius 2 is 2.37 bits per heavy atom. The van der Waals surface area contributed by atoms with Gasteiger partial charge in [-0.25, -0.2) is 4.79 Å². The summed E-state index contributed by atoms with van der Waals surface area (Å²) < 4.78 is 10.2. The fourth-order valence-electron chi connectivity index (χ4n) is 1.87. The number of hydrogen-bond donors (Lipinski definition) is 1. The molecular weight excluding hydrogens is 248 g/mol. The number of urea groups is 1. The lowest BCUT2D eigenvalue weighted by atomic mass is 10.0. The molecule has 1 aromatic heterocycles. The molecule has 2 heterocycles. The van der Waals surface area contributed by atoms with E-state index in [0.29, 0.717) is 44.4 Å². The van der Waals surface area contributed by atoms with Crippen LogP contribution in [0, 0.1) is 0 Å². The average molecular weight is 268 g/mol. The summed E-state index contributed by atoms with van der Waals surface area (Å²) in [6, 6.07) is -0.0165. The lowest BCUT2D eigenvalue weighted by Crippen LogP contribution is -2.52. The zero-order valence-electron chi connectivity index (χ0n) is 11.4. The molecular formula is C12H20N4O3. The van der Waals surface area contributed by atoms with Gasteiger partial charge in [-0.15, -0.1) is 0 Å². The molecule has 1 aromatic rings. The van der Waals surface area contributed by atoms with Gasteiger partial charge in [0, 0.05) is 33.2 Å². The van der Waals surface area contributed by atoms with Crippen molar-refractivity contribution in [2.24, 2.45) is 0 Å². The first-order valence-electron chi connectivity index (χ1n) is 6.58. The van der Waals surface area contributed by atoms with Crippen LogP contribution in [-0.2, 0) is 11.2 Å². The highest BCUT2D eigenvalue weighted by Gasteiger charge is 2.35. The predicted molar refractivity (Wildman–Crippen MR) is 67.9 cm³/mol. The van der Waals surface area contributed by atoms with Crippen molar-refractivity contribution in [3.63, 3.8) is 0 Å². The summed E-state index contributed by atoms with van der Waals surface area (Å²) in [7, 11) is 1.64. The van der Waals surface area contributed by atoms with E-state index in [-0.39, 0.29) is 11.9 Å². The van der Waals surface area contributed by atoms with Crippen molar-refractivity contribution in [3.05, 3.63) is 11.7 Å². The standard InChI is InChI=1S/C12H20N4O3/c1-3-5-13-12(17)16-7-9(8-16)11-14-10(15-19-11)4-6-18-2/h9H,3-8H2,1-2H3,(H,13,17). The van der Waals surface area contributed by atoms with Gasteiger partial charge in [-0.2, -0.15) is 4.98 Å². The first-order valence-corrected chi connectivity index (χ1v) is 6.58. The van der Waals surface area contributed by atoms with Crippen molar-refractivity contribution in [2.75, 3.05) is 33.4 Å². The third-order valence-electron chi connectivity index (χ3n) is 3.06. The molecule has 2 rings (SSSR count). The normalized spacial score (nSPS) is 15.4. The summed E-state index contributed by atoms with van der Waals surface area (Å²) in [6.45, 7) is 4.60. The molecule has 1 aliphatic heterocycles. The molecule has 106 valence electrons. The quantitative estimate of drug-likeness (QED) is 0.824. The van der Waals surface area contributed by atoms with Gasteiger partial charge in [0.05, 0.1) is 12.5 Å². The van der Waals surface area contributed by atoms with Crippen LogP contribution in [0.4, 0.5) is 4.79 Å². The van der Waals surface area contributed by atoms with Gasteiger partial charge in [-0.05, 0) is 6.42 Å². The Bertz CT molecular complexity index is 415. The van der Waals surface area contributed by atoms with Gasteiger partial charge in [0.25, 0.3) is 0 Å². The zero-order chi connectivity index (χ0) is 13.7. The Balaban J connectivity index is 1.76. The van der Waals surface area contributed by atoms with Crippen LogP contribution in [0.1, 0.15) is 31.0 Å². The fourth-order valence-corrected chi connectivity index (χ4v) is 1.87. The maximum absolute atomic E-state index is 11.6. The van der Waals surface area contributed by atoms with Gasteiger partial charge in [0.15, 0.2) is 5.82 Å². The highest BCUT2D eigenvalue weighted by atomic mass is 16.5. The Labute approximate surface area is 112 Å². The number of aromatic nitrogens is 2. The summed E-state index contributed by atoms with van der Waals surface area (Å²) in [5.41, 5.74) is 0. The lowest BCUT2D eigenvalue weighted by molar-refractivity contribution is 0.137. The van der Waals surface area contributed by atoms with Crippen LogP contribution in [0.3, 0.4) is 0 Å². The second kappa shape index (κ2) is 6.51. The van der Waals surface area contributed by atoms with Gasteiger partial charge >= 0.3 is 6.03 Å². The smallest absolute Gasteiger partial charge is 0.317 e. The van der Waals surface area contributed by atoms with E-state index < -0.39 is 0 Å². The molecule has 7 nitrogen and oxygen atoms in total. The number of carbonyl (C=O) groups excluding carboxylic acids is 1. The molecule has 1 fully saturated rings. The van der Waals surface area contributed by atoms with Crippen molar-refractivity contribution in [1.29, 1.82) is 0 Å². The SMILES string of the molecule is CCCNC(=O)N1CC(c2nc(CCOC)no2)C1. The van der Waals surface area contributed by atoms with Crippen molar-refractivity contribution >= 4 is 6.03 Å². The van der Waals surface area contributed by atoms with E-state index in [1.165, 1.54) is 0 Å². The second-order valence-corrected chi connectivity index (χ2v) is 4.63. The topological polar surface area (TPSA) is 80.5 Å². The van der Waals surface area contributed by atoms with E-state index in [0.717, 1.165) is 6.42 Å². The van der Waals surface area contributed by atoms with Gasteiger partial charge in [-0.1, -0.05) is 12.1 Å². The minimum Gasteiger partial charge on any atom is -0.384 e. The van der Waals surface area contributed by atoms with Gasteiger partial charge in [-0.3, -0.25) is 0 Å². The maximum Gasteiger partial charge on any atom is 0.317 e. The molecule has 0 saturated carbocycles. The van der Waals surface area contributed by atoms with Gasteiger partial charge in [0.1, 0.15) is 0 Å². The summed E-state index contributed by atoms with van der Waals surface area (Å²) in [5, 5.41) is 6.73. The van der Waals surface area contributed by atoms with Crippen molar-refractivity contribution in [3.8, 4) is 0 Å². The molecule has 1 aliphatic rings. The average Bonchev–Trinajstić information content (AvgIpc) is 2.80. The van der Waals surface area contributed by atoms with Gasteiger partial charge in [0.2, 0.25) is 5.89 Å². The summed E-state index contributed by atoms with van der Waals surface area (Å²) in [4.78, 5) is 17.7. The third kappa shape index (κ3) is 3.44. The molecule has 7 heteroatoms. The number of nitrogens with zero attached hydrogens (tertiary/aromatic N) is 3. The van der Waals surface area contributed by atoms with E-state index in [1.807, 2.05) is 6.92 Å². The second-order valence-electron chi connectivity index (χ2n) is 4.63. The number of likely N-dealkylation sites (tertiary alicyclic amines) is 1. The molecule has 0 spiro atoms. The Kier molecular flexibility index (Phi) is 4.73. The monoisotopic (exact) mass is 268 g/mol. The highest BCUT2D eigenvalue weighted by Crippen LogP contribution is 2.25. The van der Waals surface area contributed by atoms with Crippen LogP contribution < -0.4 is 5.32 Å².